The van der Waals surface area contributed by atoms with Crippen molar-refractivity contribution in [2.75, 3.05) is 14.8 Å². The van der Waals surface area contributed by atoms with E-state index in [9.17, 15) is 26.0 Å². The number of hydrogen-bond donors (Lipinski definition) is 1. The van der Waals surface area contributed by atoms with E-state index in [0.29, 0.717) is 4.31 Å². The summed E-state index contributed by atoms with van der Waals surface area (Å²) in [5.74, 6) is -1.53. The predicted molar refractivity (Wildman–Crippen MR) is 104 cm³/mol. The molecule has 150 valence electrons. The molecular weight excluding hydrogens is 431 g/mol. The number of rotatable bonds is 4. The van der Waals surface area contributed by atoms with Crippen LogP contribution in [0.1, 0.15) is 17.5 Å². The van der Waals surface area contributed by atoms with Crippen molar-refractivity contribution in [3.63, 3.8) is 0 Å². The van der Waals surface area contributed by atoms with Crippen molar-refractivity contribution in [2.24, 2.45) is 0 Å². The fourth-order valence-corrected chi connectivity index (χ4v) is 6.23. The highest BCUT2D eigenvalue weighted by atomic mass is 35.5. The number of nitrogens with zero attached hydrogens (tertiary/aromatic N) is 1. The average molecular weight is 447 g/mol. The van der Waals surface area contributed by atoms with Crippen LogP contribution in [0.4, 0.5) is 15.8 Å². The molecule has 2 aromatic rings. The molecule has 0 spiro atoms. The quantitative estimate of drug-likeness (QED) is 0.778. The number of benzene rings is 2. The summed E-state index contributed by atoms with van der Waals surface area (Å²) in [5, 5.41) is -0.234. The maximum absolute atomic E-state index is 13.3. The lowest BCUT2D eigenvalue weighted by Crippen LogP contribution is -2.29. The predicted octanol–water partition coefficient (Wildman–Crippen LogP) is 2.96. The lowest BCUT2D eigenvalue weighted by Gasteiger charge is -2.19. The summed E-state index contributed by atoms with van der Waals surface area (Å²) < 4.78 is 66.2. The van der Waals surface area contributed by atoms with E-state index in [4.69, 9.17) is 11.6 Å². The Morgan fingerprint density at radius 3 is 2.25 bits per heavy atom. The molecule has 0 atom stereocenters. The Morgan fingerprint density at radius 1 is 1.14 bits per heavy atom. The normalized spacial score (nSPS) is 16.4. The van der Waals surface area contributed by atoms with E-state index in [1.807, 2.05) is 0 Å². The molecule has 1 amide bonds. The summed E-state index contributed by atoms with van der Waals surface area (Å²) >= 11 is 5.68. The van der Waals surface area contributed by atoms with Gasteiger partial charge in [0.25, 0.3) is 10.0 Å². The molecule has 0 unspecified atom stereocenters. The third-order valence-corrected chi connectivity index (χ3v) is 7.87. The SMILES string of the molecule is Cc1cc(N2C(=O)CCS2(=O)=O)cc(C)c1S(=O)(=O)Nc1ccc(F)c(Cl)c1. The maximum Gasteiger partial charge on any atom is 0.262 e. The molecule has 28 heavy (non-hydrogen) atoms. The Hall–Kier alpha value is -2.17. The fraction of sp³-hybridized carbons (Fsp3) is 0.235. The standard InChI is InChI=1S/C17H16ClFN2O5S2/c1-10-7-13(21-16(22)5-6-27(21,23)24)8-11(2)17(10)28(25,26)20-12-3-4-15(19)14(18)9-12/h3-4,7-9,20H,5-6H2,1-2H3. The van der Waals surface area contributed by atoms with Gasteiger partial charge in [-0.1, -0.05) is 11.6 Å². The molecular formula is C17H16ClFN2O5S2. The van der Waals surface area contributed by atoms with Gasteiger partial charge in [0, 0.05) is 6.42 Å². The third-order valence-electron chi connectivity index (χ3n) is 4.20. The average Bonchev–Trinajstić information content (AvgIpc) is 2.82. The van der Waals surface area contributed by atoms with Crippen molar-refractivity contribution < 1.29 is 26.0 Å². The molecule has 2 aromatic carbocycles. The van der Waals surface area contributed by atoms with Gasteiger partial charge < -0.3 is 0 Å². The Bertz CT molecular complexity index is 1170. The number of sulfonamides is 2. The molecule has 1 heterocycles. The van der Waals surface area contributed by atoms with Gasteiger partial charge in [0.2, 0.25) is 15.9 Å². The van der Waals surface area contributed by atoms with Crippen molar-refractivity contribution >= 4 is 48.9 Å². The largest absolute Gasteiger partial charge is 0.280 e. The minimum Gasteiger partial charge on any atom is -0.280 e. The van der Waals surface area contributed by atoms with Gasteiger partial charge in [-0.3, -0.25) is 9.52 Å². The fourth-order valence-electron chi connectivity index (χ4n) is 3.10. The van der Waals surface area contributed by atoms with Crippen molar-refractivity contribution in [2.45, 2.75) is 25.2 Å². The molecule has 3 rings (SSSR count). The number of carbonyl (C=O) groups is 1. The Balaban J connectivity index is 2.03. The molecule has 0 radical (unpaired) electrons. The zero-order valence-electron chi connectivity index (χ0n) is 14.9. The minimum absolute atomic E-state index is 0.0688. The van der Waals surface area contributed by atoms with Crippen LogP contribution in [0.3, 0.4) is 0 Å². The maximum atomic E-state index is 13.3. The van der Waals surface area contributed by atoms with Gasteiger partial charge in [0.1, 0.15) is 5.82 Å². The van der Waals surface area contributed by atoms with Crippen molar-refractivity contribution in [3.8, 4) is 0 Å². The molecule has 1 saturated heterocycles. The second-order valence-corrected chi connectivity index (χ2v) is 10.3. The monoisotopic (exact) mass is 446 g/mol. The molecule has 0 aromatic heterocycles. The Labute approximate surface area is 167 Å². The Kier molecular flexibility index (Phi) is 5.15. The van der Waals surface area contributed by atoms with E-state index in [1.165, 1.54) is 32.0 Å². The van der Waals surface area contributed by atoms with Gasteiger partial charge in [-0.15, -0.1) is 0 Å². The van der Waals surface area contributed by atoms with E-state index in [0.717, 1.165) is 12.1 Å². The first-order valence-electron chi connectivity index (χ1n) is 8.07. The second-order valence-electron chi connectivity index (χ2n) is 6.37. The van der Waals surface area contributed by atoms with Gasteiger partial charge >= 0.3 is 0 Å². The summed E-state index contributed by atoms with van der Waals surface area (Å²) in [5.41, 5.74) is 0.684. The summed E-state index contributed by atoms with van der Waals surface area (Å²) in [4.78, 5) is 11.9. The highest BCUT2D eigenvalue weighted by Crippen LogP contribution is 2.32. The van der Waals surface area contributed by atoms with Crippen LogP contribution in [-0.4, -0.2) is 28.5 Å². The van der Waals surface area contributed by atoms with Crippen LogP contribution in [0.2, 0.25) is 5.02 Å². The van der Waals surface area contributed by atoms with Crippen LogP contribution >= 0.6 is 11.6 Å². The minimum atomic E-state index is -4.07. The number of amides is 1. The number of aryl methyl sites for hydroxylation is 2. The third kappa shape index (κ3) is 3.71. The smallest absolute Gasteiger partial charge is 0.262 e. The van der Waals surface area contributed by atoms with Gasteiger partial charge in [-0.2, -0.15) is 0 Å². The van der Waals surface area contributed by atoms with Crippen LogP contribution in [0.25, 0.3) is 0 Å². The first-order chi connectivity index (χ1) is 12.9. The van der Waals surface area contributed by atoms with Gasteiger partial charge in [0.05, 0.1) is 27.0 Å². The Morgan fingerprint density at radius 2 is 1.75 bits per heavy atom. The molecule has 7 nitrogen and oxygen atoms in total. The van der Waals surface area contributed by atoms with Gasteiger partial charge in [0.15, 0.2) is 0 Å². The molecule has 0 bridgehead atoms. The van der Waals surface area contributed by atoms with Gasteiger partial charge in [-0.05, 0) is 55.3 Å². The molecule has 1 aliphatic heterocycles. The summed E-state index contributed by atoms with van der Waals surface area (Å²) in [6.07, 6.45) is -0.118. The van der Waals surface area contributed by atoms with Crippen molar-refractivity contribution in [3.05, 3.63) is 52.3 Å². The molecule has 1 fully saturated rings. The van der Waals surface area contributed by atoms with E-state index in [-0.39, 0.29) is 44.6 Å². The molecule has 11 heteroatoms. The number of anilines is 2. The van der Waals surface area contributed by atoms with Crippen LogP contribution in [0, 0.1) is 19.7 Å². The molecule has 1 N–H and O–H groups in total. The zero-order chi connectivity index (χ0) is 20.9. The highest BCUT2D eigenvalue weighted by Gasteiger charge is 2.37. The number of halogens is 2. The molecule has 0 aliphatic carbocycles. The second kappa shape index (κ2) is 7.02. The van der Waals surface area contributed by atoms with Crippen molar-refractivity contribution in [1.29, 1.82) is 0 Å². The van der Waals surface area contributed by atoms with Crippen LogP contribution in [-0.2, 0) is 24.8 Å². The van der Waals surface area contributed by atoms with Crippen LogP contribution in [0.5, 0.6) is 0 Å². The number of hydrogen-bond acceptors (Lipinski definition) is 5. The first kappa shape index (κ1) is 20.6. The van der Waals surface area contributed by atoms with E-state index in [2.05, 4.69) is 4.72 Å². The first-order valence-corrected chi connectivity index (χ1v) is 11.5. The van der Waals surface area contributed by atoms with E-state index in [1.54, 1.807) is 0 Å². The lowest BCUT2D eigenvalue weighted by molar-refractivity contribution is -0.116. The summed E-state index contributed by atoms with van der Waals surface area (Å²) in [6.45, 7) is 2.99. The topological polar surface area (TPSA) is 101 Å². The van der Waals surface area contributed by atoms with Crippen LogP contribution in [0.15, 0.2) is 35.2 Å². The van der Waals surface area contributed by atoms with Crippen molar-refractivity contribution in [1.82, 2.24) is 0 Å². The lowest BCUT2D eigenvalue weighted by atomic mass is 10.1. The van der Waals surface area contributed by atoms with Crippen LogP contribution < -0.4 is 9.03 Å². The number of carbonyl (C=O) groups excluding carboxylic acids is 1. The molecule has 0 saturated carbocycles. The summed E-state index contributed by atoms with van der Waals surface area (Å²) in [6, 6.07) is 6.07. The van der Waals surface area contributed by atoms with E-state index < -0.39 is 31.8 Å². The van der Waals surface area contributed by atoms with E-state index >= 15 is 0 Å². The highest BCUT2D eigenvalue weighted by molar-refractivity contribution is 7.94. The zero-order valence-corrected chi connectivity index (χ0v) is 17.3. The molecule has 1 aliphatic rings. The summed E-state index contributed by atoms with van der Waals surface area (Å²) in [7, 11) is -7.83. The number of nitrogens with one attached hydrogen (secondary N) is 1. The van der Waals surface area contributed by atoms with Gasteiger partial charge in [-0.25, -0.2) is 25.5 Å².